The highest BCUT2D eigenvalue weighted by Crippen LogP contribution is 2.22. The summed E-state index contributed by atoms with van der Waals surface area (Å²) >= 11 is 0. The van der Waals surface area contributed by atoms with Crippen LogP contribution < -0.4 is 10.1 Å². The molecule has 98 valence electrons. The molecular formula is C13H25N3O. The van der Waals surface area contributed by atoms with Gasteiger partial charge >= 0.3 is 0 Å². The van der Waals surface area contributed by atoms with Crippen LogP contribution in [-0.4, -0.2) is 23.4 Å². The SMILES string of the molecule is CCCCC(NCCC)c1cc(OC)n(C)n1. The molecule has 0 spiro atoms. The third-order valence-corrected chi connectivity index (χ3v) is 2.91. The van der Waals surface area contributed by atoms with Crippen molar-refractivity contribution in [3.8, 4) is 5.88 Å². The number of rotatable bonds is 8. The number of nitrogens with zero attached hydrogens (tertiary/aromatic N) is 2. The van der Waals surface area contributed by atoms with E-state index in [-0.39, 0.29) is 0 Å². The Morgan fingerprint density at radius 1 is 1.41 bits per heavy atom. The second kappa shape index (κ2) is 7.33. The van der Waals surface area contributed by atoms with Crippen LogP contribution in [-0.2, 0) is 7.05 Å². The highest BCUT2D eigenvalue weighted by atomic mass is 16.5. The Kier molecular flexibility index (Phi) is 6.05. The summed E-state index contributed by atoms with van der Waals surface area (Å²) in [5.74, 6) is 0.819. The van der Waals surface area contributed by atoms with Crippen molar-refractivity contribution in [2.24, 2.45) is 7.05 Å². The van der Waals surface area contributed by atoms with Gasteiger partial charge in [0, 0.05) is 13.1 Å². The number of hydrogen-bond acceptors (Lipinski definition) is 3. The molecule has 0 bridgehead atoms. The van der Waals surface area contributed by atoms with Gasteiger partial charge in [0.05, 0.1) is 18.8 Å². The summed E-state index contributed by atoms with van der Waals surface area (Å²) in [6, 6.07) is 2.38. The van der Waals surface area contributed by atoms with Gasteiger partial charge in [-0.1, -0.05) is 26.7 Å². The summed E-state index contributed by atoms with van der Waals surface area (Å²) in [5.41, 5.74) is 1.09. The van der Waals surface area contributed by atoms with Gasteiger partial charge in [-0.15, -0.1) is 0 Å². The first kappa shape index (κ1) is 14.0. The van der Waals surface area contributed by atoms with Gasteiger partial charge in [0.1, 0.15) is 0 Å². The minimum absolute atomic E-state index is 0.352. The first-order valence-electron chi connectivity index (χ1n) is 6.54. The van der Waals surface area contributed by atoms with Gasteiger partial charge < -0.3 is 10.1 Å². The van der Waals surface area contributed by atoms with Crippen molar-refractivity contribution in [2.45, 2.75) is 45.6 Å². The van der Waals surface area contributed by atoms with Crippen LogP contribution in [0.4, 0.5) is 0 Å². The Morgan fingerprint density at radius 3 is 2.71 bits per heavy atom. The average Bonchev–Trinajstić information content (AvgIpc) is 2.70. The quantitative estimate of drug-likeness (QED) is 0.758. The molecule has 0 aromatic carbocycles. The second-order valence-electron chi connectivity index (χ2n) is 4.38. The standard InChI is InChI=1S/C13H25N3O/c1-5-7-8-11(14-9-6-2)12-10-13(17-4)16(3)15-12/h10-11,14H,5-9H2,1-4H3. The molecular weight excluding hydrogens is 214 g/mol. The molecule has 17 heavy (non-hydrogen) atoms. The summed E-state index contributed by atoms with van der Waals surface area (Å²) in [5, 5.41) is 8.07. The Labute approximate surface area is 104 Å². The van der Waals surface area contributed by atoms with Crippen LogP contribution in [0.15, 0.2) is 6.07 Å². The summed E-state index contributed by atoms with van der Waals surface area (Å²) in [6.07, 6.45) is 4.72. The second-order valence-corrected chi connectivity index (χ2v) is 4.38. The van der Waals surface area contributed by atoms with Crippen molar-refractivity contribution >= 4 is 0 Å². The third-order valence-electron chi connectivity index (χ3n) is 2.91. The molecule has 1 atom stereocenters. The summed E-state index contributed by atoms with van der Waals surface area (Å²) in [6.45, 7) is 5.44. The predicted molar refractivity (Wildman–Crippen MR) is 70.3 cm³/mol. The van der Waals surface area contributed by atoms with E-state index in [1.165, 1.54) is 12.8 Å². The van der Waals surface area contributed by atoms with Gasteiger partial charge in [-0.05, 0) is 19.4 Å². The number of ether oxygens (including phenoxy) is 1. The van der Waals surface area contributed by atoms with Crippen LogP contribution in [0.5, 0.6) is 5.88 Å². The normalized spacial score (nSPS) is 12.7. The van der Waals surface area contributed by atoms with E-state index in [2.05, 4.69) is 24.3 Å². The molecule has 0 aliphatic rings. The zero-order valence-corrected chi connectivity index (χ0v) is 11.5. The molecule has 0 aliphatic heterocycles. The topological polar surface area (TPSA) is 39.1 Å². The lowest BCUT2D eigenvalue weighted by Crippen LogP contribution is -2.22. The van der Waals surface area contributed by atoms with Crippen molar-refractivity contribution < 1.29 is 4.74 Å². The van der Waals surface area contributed by atoms with E-state index in [1.807, 2.05) is 13.1 Å². The van der Waals surface area contributed by atoms with E-state index >= 15 is 0 Å². The van der Waals surface area contributed by atoms with E-state index in [9.17, 15) is 0 Å². The molecule has 0 saturated carbocycles. The number of aryl methyl sites for hydroxylation is 1. The lowest BCUT2D eigenvalue weighted by atomic mass is 10.1. The first-order chi connectivity index (χ1) is 8.22. The molecule has 1 N–H and O–H groups in total. The van der Waals surface area contributed by atoms with Crippen molar-refractivity contribution in [1.29, 1.82) is 0 Å². The average molecular weight is 239 g/mol. The Morgan fingerprint density at radius 2 is 2.18 bits per heavy atom. The number of methoxy groups -OCH3 is 1. The monoisotopic (exact) mass is 239 g/mol. The number of aromatic nitrogens is 2. The van der Waals surface area contributed by atoms with Gasteiger partial charge in [0.15, 0.2) is 0 Å². The first-order valence-corrected chi connectivity index (χ1v) is 6.54. The summed E-state index contributed by atoms with van der Waals surface area (Å²) in [4.78, 5) is 0. The molecule has 1 aromatic heterocycles. The molecule has 4 heteroatoms. The van der Waals surface area contributed by atoms with Crippen molar-refractivity contribution in [2.75, 3.05) is 13.7 Å². The van der Waals surface area contributed by atoms with E-state index in [1.54, 1.807) is 11.8 Å². The maximum Gasteiger partial charge on any atom is 0.211 e. The molecule has 4 nitrogen and oxygen atoms in total. The molecule has 1 heterocycles. The largest absolute Gasteiger partial charge is 0.481 e. The van der Waals surface area contributed by atoms with E-state index in [4.69, 9.17) is 4.74 Å². The smallest absolute Gasteiger partial charge is 0.211 e. The molecule has 1 aromatic rings. The number of nitrogens with one attached hydrogen (secondary N) is 1. The van der Waals surface area contributed by atoms with Crippen LogP contribution in [0.1, 0.15) is 51.3 Å². The Bertz CT molecular complexity index is 314. The molecule has 1 unspecified atom stereocenters. The Hall–Kier alpha value is -1.03. The van der Waals surface area contributed by atoms with Gasteiger partial charge in [0.2, 0.25) is 5.88 Å². The van der Waals surface area contributed by atoms with Gasteiger partial charge in [-0.25, -0.2) is 4.68 Å². The fraction of sp³-hybridized carbons (Fsp3) is 0.769. The van der Waals surface area contributed by atoms with Crippen molar-refractivity contribution in [1.82, 2.24) is 15.1 Å². The summed E-state index contributed by atoms with van der Waals surface area (Å²) in [7, 11) is 3.60. The van der Waals surface area contributed by atoms with Gasteiger partial charge in [-0.2, -0.15) is 5.10 Å². The van der Waals surface area contributed by atoms with Crippen LogP contribution in [0, 0.1) is 0 Å². The highest BCUT2D eigenvalue weighted by Gasteiger charge is 2.15. The molecule has 0 radical (unpaired) electrons. The Balaban J connectivity index is 2.71. The number of unbranched alkanes of at least 4 members (excludes halogenated alkanes) is 1. The fourth-order valence-corrected chi connectivity index (χ4v) is 1.91. The third kappa shape index (κ3) is 4.04. The maximum absolute atomic E-state index is 5.26. The lowest BCUT2D eigenvalue weighted by Gasteiger charge is -2.15. The maximum atomic E-state index is 5.26. The lowest BCUT2D eigenvalue weighted by molar-refractivity contribution is 0.373. The van der Waals surface area contributed by atoms with Crippen molar-refractivity contribution in [3.05, 3.63) is 11.8 Å². The van der Waals surface area contributed by atoms with Crippen molar-refractivity contribution in [3.63, 3.8) is 0 Å². The zero-order chi connectivity index (χ0) is 12.7. The van der Waals surface area contributed by atoms with Crippen LogP contribution in [0.3, 0.4) is 0 Å². The van der Waals surface area contributed by atoms with Crippen LogP contribution in [0.25, 0.3) is 0 Å². The predicted octanol–water partition coefficient (Wildman–Crippen LogP) is 2.66. The summed E-state index contributed by atoms with van der Waals surface area (Å²) < 4.78 is 7.05. The van der Waals surface area contributed by atoms with E-state index in [0.29, 0.717) is 6.04 Å². The fourth-order valence-electron chi connectivity index (χ4n) is 1.91. The van der Waals surface area contributed by atoms with Gasteiger partial charge in [0.25, 0.3) is 0 Å². The highest BCUT2D eigenvalue weighted by molar-refractivity contribution is 5.18. The zero-order valence-electron chi connectivity index (χ0n) is 11.5. The molecule has 0 amide bonds. The molecule has 0 saturated heterocycles. The van der Waals surface area contributed by atoms with E-state index in [0.717, 1.165) is 31.0 Å². The van der Waals surface area contributed by atoms with Gasteiger partial charge in [-0.3, -0.25) is 0 Å². The minimum atomic E-state index is 0.352. The van der Waals surface area contributed by atoms with E-state index < -0.39 is 0 Å². The molecule has 1 rings (SSSR count). The molecule has 0 aliphatic carbocycles. The minimum Gasteiger partial charge on any atom is -0.481 e. The number of hydrogen-bond donors (Lipinski definition) is 1. The molecule has 0 fully saturated rings. The van der Waals surface area contributed by atoms with Crippen LogP contribution in [0.2, 0.25) is 0 Å². The van der Waals surface area contributed by atoms with Crippen LogP contribution >= 0.6 is 0 Å².